The molecule has 0 fully saturated rings. The van der Waals surface area contributed by atoms with Gasteiger partial charge in [-0.1, -0.05) is 0 Å². The van der Waals surface area contributed by atoms with E-state index < -0.39 is 5.97 Å². The Hall–Kier alpha value is -2.15. The Morgan fingerprint density at radius 3 is 2.76 bits per heavy atom. The summed E-state index contributed by atoms with van der Waals surface area (Å²) in [6.07, 6.45) is 0. The fourth-order valence-electron chi connectivity index (χ4n) is 2.00. The number of amides is 1. The van der Waals surface area contributed by atoms with Crippen molar-refractivity contribution in [3.8, 4) is 11.5 Å². The lowest BCUT2D eigenvalue weighted by molar-refractivity contribution is -0.141. The molecule has 7 heteroatoms. The number of methoxy groups -OCH3 is 2. The van der Waals surface area contributed by atoms with E-state index in [2.05, 4.69) is 0 Å². The second kappa shape index (κ2) is 6.53. The molecule has 0 saturated heterocycles. The maximum absolute atomic E-state index is 12.0. The molecule has 2 rings (SSSR count). The highest BCUT2D eigenvalue weighted by Crippen LogP contribution is 2.35. The van der Waals surface area contributed by atoms with Crippen molar-refractivity contribution in [3.63, 3.8) is 0 Å². The van der Waals surface area contributed by atoms with E-state index in [1.54, 1.807) is 23.6 Å². The van der Waals surface area contributed by atoms with Crippen LogP contribution in [-0.4, -0.2) is 48.4 Å². The van der Waals surface area contributed by atoms with Crippen molar-refractivity contribution in [2.75, 3.05) is 26.5 Å². The normalized spacial score (nSPS) is 14.7. The van der Waals surface area contributed by atoms with Crippen molar-refractivity contribution >= 4 is 29.3 Å². The third-order valence-electron chi connectivity index (χ3n) is 2.97. The highest BCUT2D eigenvalue weighted by molar-refractivity contribution is 8.03. The van der Waals surface area contributed by atoms with Gasteiger partial charge in [-0.05, 0) is 23.6 Å². The molecule has 1 aliphatic rings. The van der Waals surface area contributed by atoms with E-state index in [1.807, 2.05) is 0 Å². The van der Waals surface area contributed by atoms with Crippen molar-refractivity contribution in [2.45, 2.75) is 0 Å². The number of carboxylic acid groups (broad SMARTS) is 1. The lowest BCUT2D eigenvalue weighted by Crippen LogP contribution is -2.37. The zero-order valence-corrected chi connectivity index (χ0v) is 12.5. The zero-order valence-electron chi connectivity index (χ0n) is 11.7. The molecule has 0 aliphatic carbocycles. The molecule has 1 aromatic rings. The third kappa shape index (κ3) is 3.30. The van der Waals surface area contributed by atoms with Gasteiger partial charge in [0.2, 0.25) is 5.91 Å². The first-order chi connectivity index (χ1) is 10.1. The van der Waals surface area contributed by atoms with Gasteiger partial charge in [-0.15, -0.1) is 11.8 Å². The third-order valence-corrected chi connectivity index (χ3v) is 3.77. The van der Waals surface area contributed by atoms with E-state index in [0.717, 1.165) is 0 Å². The molecule has 1 heterocycles. The lowest BCUT2D eigenvalue weighted by atomic mass is 10.1. The lowest BCUT2D eigenvalue weighted by Gasteiger charge is -2.28. The topological polar surface area (TPSA) is 76.1 Å². The number of carbonyl (C=O) groups is 2. The smallest absolute Gasteiger partial charge is 0.323 e. The summed E-state index contributed by atoms with van der Waals surface area (Å²) in [7, 11) is 3.06. The van der Waals surface area contributed by atoms with Crippen LogP contribution in [0.5, 0.6) is 11.5 Å². The zero-order chi connectivity index (χ0) is 15.4. The average Bonchev–Trinajstić information content (AvgIpc) is 2.48. The van der Waals surface area contributed by atoms with Gasteiger partial charge in [-0.25, -0.2) is 0 Å². The summed E-state index contributed by atoms with van der Waals surface area (Å²) in [6, 6.07) is 5.18. The fourth-order valence-corrected chi connectivity index (χ4v) is 2.79. The molecule has 1 N–H and O–H groups in total. The van der Waals surface area contributed by atoms with Gasteiger partial charge >= 0.3 is 5.97 Å². The standard InChI is InChI=1S/C14H15NO5S/c1-19-9-3-4-12(20-2)10(5-9)11-7-21-8-13(16)15(11)6-14(17)18/h3-5,7H,6,8H2,1-2H3,(H,17,18). The Labute approximate surface area is 126 Å². The summed E-state index contributed by atoms with van der Waals surface area (Å²) in [5, 5.41) is 10.8. The SMILES string of the molecule is COc1ccc(OC)c(C2=CSCC(=O)N2CC(=O)O)c1. The number of carbonyl (C=O) groups excluding carboxylic acids is 1. The highest BCUT2D eigenvalue weighted by atomic mass is 32.2. The first kappa shape index (κ1) is 15.2. The number of nitrogens with zero attached hydrogens (tertiary/aromatic N) is 1. The highest BCUT2D eigenvalue weighted by Gasteiger charge is 2.27. The molecule has 1 aromatic carbocycles. The number of hydrogen-bond donors (Lipinski definition) is 1. The Bertz CT molecular complexity index is 599. The molecule has 112 valence electrons. The summed E-state index contributed by atoms with van der Waals surface area (Å²) in [6.45, 7) is -0.383. The summed E-state index contributed by atoms with van der Waals surface area (Å²) >= 11 is 1.33. The maximum atomic E-state index is 12.0. The van der Waals surface area contributed by atoms with Gasteiger partial charge in [-0.2, -0.15) is 0 Å². The van der Waals surface area contributed by atoms with Crippen LogP contribution < -0.4 is 9.47 Å². The Balaban J connectivity index is 2.48. The van der Waals surface area contributed by atoms with Crippen LogP contribution in [0.2, 0.25) is 0 Å². The summed E-state index contributed by atoms with van der Waals surface area (Å²) in [4.78, 5) is 24.2. The molecule has 1 aliphatic heterocycles. The van der Waals surface area contributed by atoms with Gasteiger partial charge in [0.15, 0.2) is 0 Å². The minimum Gasteiger partial charge on any atom is -0.497 e. The van der Waals surface area contributed by atoms with E-state index >= 15 is 0 Å². The average molecular weight is 309 g/mol. The molecule has 0 atom stereocenters. The van der Waals surface area contributed by atoms with E-state index in [0.29, 0.717) is 22.8 Å². The summed E-state index contributed by atoms with van der Waals surface area (Å²) in [5.41, 5.74) is 1.13. The summed E-state index contributed by atoms with van der Waals surface area (Å²) in [5.74, 6) is 0.0637. The largest absolute Gasteiger partial charge is 0.497 e. The van der Waals surface area contributed by atoms with Gasteiger partial charge < -0.3 is 14.6 Å². The van der Waals surface area contributed by atoms with Gasteiger partial charge in [-0.3, -0.25) is 14.5 Å². The van der Waals surface area contributed by atoms with Crippen molar-refractivity contribution in [1.82, 2.24) is 4.90 Å². The predicted molar refractivity (Wildman–Crippen MR) is 79.3 cm³/mol. The number of hydrogen-bond acceptors (Lipinski definition) is 5. The first-order valence-electron chi connectivity index (χ1n) is 6.13. The van der Waals surface area contributed by atoms with Crippen LogP contribution in [0, 0.1) is 0 Å². The van der Waals surface area contributed by atoms with Crippen LogP contribution in [0.1, 0.15) is 5.56 Å². The van der Waals surface area contributed by atoms with Crippen LogP contribution in [0.3, 0.4) is 0 Å². The van der Waals surface area contributed by atoms with E-state index in [4.69, 9.17) is 14.6 Å². The molecule has 1 amide bonds. The molecule has 0 bridgehead atoms. The Kier molecular flexibility index (Phi) is 4.74. The van der Waals surface area contributed by atoms with E-state index in [-0.39, 0.29) is 18.2 Å². The minimum atomic E-state index is -1.07. The monoisotopic (exact) mass is 309 g/mol. The first-order valence-corrected chi connectivity index (χ1v) is 7.18. The second-order valence-corrected chi connectivity index (χ2v) is 5.11. The molecule has 21 heavy (non-hydrogen) atoms. The van der Waals surface area contributed by atoms with Crippen LogP contribution in [-0.2, 0) is 9.59 Å². The predicted octanol–water partition coefficient (Wildman–Crippen LogP) is 1.66. The van der Waals surface area contributed by atoms with Gasteiger partial charge in [0.05, 0.1) is 25.7 Å². The second-order valence-electron chi connectivity index (χ2n) is 4.25. The number of thioether (sulfide) groups is 1. The van der Waals surface area contributed by atoms with Crippen molar-refractivity contribution in [1.29, 1.82) is 0 Å². The van der Waals surface area contributed by atoms with Gasteiger partial charge in [0, 0.05) is 5.56 Å². The minimum absolute atomic E-state index is 0.225. The van der Waals surface area contributed by atoms with Crippen LogP contribution in [0.25, 0.3) is 5.70 Å². The number of aliphatic carboxylic acids is 1. The number of rotatable bonds is 5. The van der Waals surface area contributed by atoms with Crippen LogP contribution in [0.15, 0.2) is 23.6 Å². The van der Waals surface area contributed by atoms with Crippen LogP contribution >= 0.6 is 11.8 Å². The number of carboxylic acids is 1. The van der Waals surface area contributed by atoms with E-state index in [1.165, 1.54) is 30.9 Å². The molecule has 0 saturated carbocycles. The Morgan fingerprint density at radius 1 is 1.38 bits per heavy atom. The van der Waals surface area contributed by atoms with Crippen LogP contribution in [0.4, 0.5) is 0 Å². The van der Waals surface area contributed by atoms with Crippen molar-refractivity contribution in [3.05, 3.63) is 29.2 Å². The fraction of sp³-hybridized carbons (Fsp3) is 0.286. The molecule has 6 nitrogen and oxygen atoms in total. The maximum Gasteiger partial charge on any atom is 0.323 e. The molecular formula is C14H15NO5S. The Morgan fingerprint density at radius 2 is 2.14 bits per heavy atom. The molecule has 0 unspecified atom stereocenters. The van der Waals surface area contributed by atoms with Gasteiger partial charge in [0.1, 0.15) is 18.0 Å². The molecule has 0 aromatic heterocycles. The number of ether oxygens (including phenoxy) is 2. The quantitative estimate of drug-likeness (QED) is 0.891. The van der Waals surface area contributed by atoms with E-state index in [9.17, 15) is 9.59 Å². The molecular weight excluding hydrogens is 294 g/mol. The molecule has 0 spiro atoms. The number of benzene rings is 1. The van der Waals surface area contributed by atoms with Crippen molar-refractivity contribution < 1.29 is 24.2 Å². The van der Waals surface area contributed by atoms with Crippen molar-refractivity contribution in [2.24, 2.45) is 0 Å². The summed E-state index contributed by atoms with van der Waals surface area (Å²) < 4.78 is 10.5. The van der Waals surface area contributed by atoms with Gasteiger partial charge in [0.25, 0.3) is 0 Å². The molecule has 0 radical (unpaired) electrons.